The molecule has 0 fully saturated rings. The lowest BCUT2D eigenvalue weighted by atomic mass is 10.6. The van der Waals surface area contributed by atoms with Crippen molar-refractivity contribution in [2.24, 2.45) is 0 Å². The van der Waals surface area contributed by atoms with Gasteiger partial charge in [-0.25, -0.2) is 9.90 Å². The van der Waals surface area contributed by atoms with Crippen LogP contribution < -0.4 is 5.32 Å². The summed E-state index contributed by atoms with van der Waals surface area (Å²) in [6.07, 6.45) is 0. The van der Waals surface area contributed by atoms with Crippen LogP contribution in [0.25, 0.3) is 0 Å². The minimum Gasteiger partial charge on any atom is -0.345 e. The van der Waals surface area contributed by atoms with E-state index in [1.54, 1.807) is 0 Å². The van der Waals surface area contributed by atoms with Gasteiger partial charge in [-0.2, -0.15) is 0 Å². The lowest BCUT2D eigenvalue weighted by Crippen LogP contribution is -2.25. The maximum Gasteiger partial charge on any atom is 0.374 e. The van der Waals surface area contributed by atoms with Crippen molar-refractivity contribution in [1.29, 1.82) is 0 Å². The van der Waals surface area contributed by atoms with Crippen LogP contribution >= 0.6 is 0 Å². The van der Waals surface area contributed by atoms with E-state index in [0.717, 1.165) is 0 Å². The van der Waals surface area contributed by atoms with Gasteiger partial charge in [0.1, 0.15) is 6.54 Å². The first-order chi connectivity index (χ1) is 3.63. The van der Waals surface area contributed by atoms with E-state index in [4.69, 9.17) is 0 Å². The summed E-state index contributed by atoms with van der Waals surface area (Å²) in [5, 5.41) is 11.6. The topological polar surface area (TPSA) is 66.1 Å². The standard InChI is InChI=1S/C4H6NO3/c1-3(6)5-2-4(7)8/h2H2,1H3,(H,5,6). The molecule has 0 bridgehead atoms. The van der Waals surface area contributed by atoms with Crippen LogP contribution in [-0.2, 0) is 14.7 Å². The number of nitrogens with one attached hydrogen (secondary N) is 1. The minimum atomic E-state index is -1.28. The summed E-state index contributed by atoms with van der Waals surface area (Å²) in [6.45, 7) is 0.832. The van der Waals surface area contributed by atoms with E-state index in [-0.39, 0.29) is 5.91 Å². The van der Waals surface area contributed by atoms with Crippen LogP contribution in [0.5, 0.6) is 0 Å². The fraction of sp³-hybridized carbons (Fsp3) is 0.500. The molecule has 0 rings (SSSR count). The van der Waals surface area contributed by atoms with Crippen molar-refractivity contribution < 1.29 is 14.7 Å². The second kappa shape index (κ2) is 3.01. The van der Waals surface area contributed by atoms with E-state index < -0.39 is 12.5 Å². The average Bonchev–Trinajstić information content (AvgIpc) is 1.61. The van der Waals surface area contributed by atoms with Gasteiger partial charge >= 0.3 is 5.97 Å². The molecule has 45 valence electrons. The number of amides is 1. The molecule has 0 spiro atoms. The van der Waals surface area contributed by atoms with Crippen LogP contribution in [-0.4, -0.2) is 18.4 Å². The first-order valence-corrected chi connectivity index (χ1v) is 2.07. The summed E-state index contributed by atoms with van der Waals surface area (Å²) in [5.74, 6) is -1.64. The third kappa shape index (κ3) is 4.94. The van der Waals surface area contributed by atoms with Crippen LogP contribution in [0, 0.1) is 0 Å². The molecule has 0 aliphatic rings. The van der Waals surface area contributed by atoms with Crippen LogP contribution in [0.3, 0.4) is 0 Å². The molecular formula is C4H6NO3. The minimum absolute atomic E-state index is 0.366. The van der Waals surface area contributed by atoms with Crippen LogP contribution in [0.4, 0.5) is 0 Å². The van der Waals surface area contributed by atoms with Gasteiger partial charge in [-0.05, 0) is 0 Å². The van der Waals surface area contributed by atoms with E-state index in [1.807, 2.05) is 5.32 Å². The largest absolute Gasteiger partial charge is 0.374 e. The quantitative estimate of drug-likeness (QED) is 0.507. The number of carbonyl (C=O) groups is 2. The predicted octanol–water partition coefficient (Wildman–Crippen LogP) is -0.920. The molecule has 0 aliphatic heterocycles. The number of rotatable bonds is 2. The summed E-state index contributed by atoms with van der Waals surface area (Å²) in [7, 11) is 0. The van der Waals surface area contributed by atoms with E-state index in [2.05, 4.69) is 0 Å². The Labute approximate surface area is 46.5 Å². The Balaban J connectivity index is 3.18. The van der Waals surface area contributed by atoms with Gasteiger partial charge < -0.3 is 5.32 Å². The first-order valence-electron chi connectivity index (χ1n) is 2.07. The van der Waals surface area contributed by atoms with Crippen LogP contribution in [0.15, 0.2) is 0 Å². The maximum atomic E-state index is 9.95. The van der Waals surface area contributed by atoms with Gasteiger partial charge in [-0.15, -0.1) is 0 Å². The first kappa shape index (κ1) is 6.94. The van der Waals surface area contributed by atoms with E-state index >= 15 is 0 Å². The molecule has 0 unspecified atom stereocenters. The molecule has 0 saturated heterocycles. The van der Waals surface area contributed by atoms with Crippen molar-refractivity contribution in [2.75, 3.05) is 6.54 Å². The lowest BCUT2D eigenvalue weighted by molar-refractivity contribution is -0.143. The predicted molar refractivity (Wildman–Crippen MR) is 24.4 cm³/mol. The van der Waals surface area contributed by atoms with Crippen molar-refractivity contribution in [3.05, 3.63) is 0 Å². The fourth-order valence-electron chi connectivity index (χ4n) is 0.197. The average molecular weight is 116 g/mol. The molecule has 0 saturated carbocycles. The Morgan fingerprint density at radius 1 is 1.50 bits per heavy atom. The van der Waals surface area contributed by atoms with Gasteiger partial charge in [0, 0.05) is 6.92 Å². The molecule has 0 aromatic carbocycles. The van der Waals surface area contributed by atoms with Crippen molar-refractivity contribution >= 4 is 11.9 Å². The van der Waals surface area contributed by atoms with E-state index in [1.165, 1.54) is 6.92 Å². The molecule has 0 atom stereocenters. The summed E-state index contributed by atoms with van der Waals surface area (Å²) >= 11 is 0. The van der Waals surface area contributed by atoms with Gasteiger partial charge in [-0.1, -0.05) is 0 Å². The maximum absolute atomic E-state index is 9.95. The van der Waals surface area contributed by atoms with Crippen LogP contribution in [0.2, 0.25) is 0 Å². The van der Waals surface area contributed by atoms with Crippen molar-refractivity contribution in [3.63, 3.8) is 0 Å². The highest BCUT2D eigenvalue weighted by Crippen LogP contribution is 1.61. The molecule has 0 heterocycles. The van der Waals surface area contributed by atoms with Gasteiger partial charge in [0.05, 0.1) is 0 Å². The monoisotopic (exact) mass is 116 g/mol. The Hall–Kier alpha value is -1.06. The number of hydrogen-bond acceptors (Lipinski definition) is 2. The van der Waals surface area contributed by atoms with Gasteiger partial charge in [-0.3, -0.25) is 4.79 Å². The third-order valence-electron chi connectivity index (χ3n) is 0.482. The normalized spacial score (nSPS) is 8.12. The molecule has 1 N–H and O–H groups in total. The second-order valence-electron chi connectivity index (χ2n) is 1.28. The molecule has 4 nitrogen and oxygen atoms in total. The Morgan fingerprint density at radius 3 is 2.12 bits per heavy atom. The van der Waals surface area contributed by atoms with Crippen molar-refractivity contribution in [1.82, 2.24) is 5.32 Å². The van der Waals surface area contributed by atoms with Gasteiger partial charge in [0.2, 0.25) is 5.91 Å². The van der Waals surface area contributed by atoms with Crippen molar-refractivity contribution in [3.8, 4) is 0 Å². The third-order valence-corrected chi connectivity index (χ3v) is 0.482. The van der Waals surface area contributed by atoms with E-state index in [9.17, 15) is 14.7 Å². The molecule has 8 heavy (non-hydrogen) atoms. The Bertz CT molecular complexity index is 95.9. The molecule has 1 amide bonds. The highest BCUT2D eigenvalue weighted by molar-refractivity contribution is 5.78. The smallest absolute Gasteiger partial charge is 0.345 e. The molecule has 1 radical (unpaired) electrons. The lowest BCUT2D eigenvalue weighted by Gasteiger charge is -1.90. The second-order valence-corrected chi connectivity index (χ2v) is 1.28. The summed E-state index contributed by atoms with van der Waals surface area (Å²) in [4.78, 5) is 19.5. The zero-order valence-electron chi connectivity index (χ0n) is 4.43. The fourth-order valence-corrected chi connectivity index (χ4v) is 0.197. The Morgan fingerprint density at radius 2 is 2.00 bits per heavy atom. The molecule has 0 aromatic heterocycles. The highest BCUT2D eigenvalue weighted by atomic mass is 16.4. The Kier molecular flexibility index (Phi) is 2.61. The van der Waals surface area contributed by atoms with E-state index in [0.29, 0.717) is 0 Å². The zero-order valence-corrected chi connectivity index (χ0v) is 4.43. The molecule has 4 heteroatoms. The summed E-state index contributed by atoms with van der Waals surface area (Å²) in [6, 6.07) is 0. The SMILES string of the molecule is CC(=O)NCC([O])=O. The summed E-state index contributed by atoms with van der Waals surface area (Å²) < 4.78 is 0. The zero-order chi connectivity index (χ0) is 6.57. The number of hydrogen-bond donors (Lipinski definition) is 1. The van der Waals surface area contributed by atoms with Crippen molar-refractivity contribution in [2.45, 2.75) is 6.92 Å². The number of carbonyl (C=O) groups excluding carboxylic acids is 2. The molecule has 0 aromatic rings. The molecule has 0 aliphatic carbocycles. The summed E-state index contributed by atoms with van der Waals surface area (Å²) in [5.41, 5.74) is 0. The molecular weight excluding hydrogens is 110 g/mol. The van der Waals surface area contributed by atoms with Gasteiger partial charge in [0.25, 0.3) is 0 Å². The van der Waals surface area contributed by atoms with Crippen LogP contribution in [0.1, 0.15) is 6.92 Å². The highest BCUT2D eigenvalue weighted by Gasteiger charge is 1.97. The van der Waals surface area contributed by atoms with Gasteiger partial charge in [0.15, 0.2) is 0 Å².